The SMILES string of the molecule is C[C@H](N=C1CCCCC1c1ccccc1)c1ccccc1. The molecule has 2 atom stereocenters. The van der Waals surface area contributed by atoms with E-state index in [2.05, 4.69) is 67.6 Å². The summed E-state index contributed by atoms with van der Waals surface area (Å²) in [6.45, 7) is 2.21. The molecule has 1 aliphatic rings. The number of hydrogen-bond acceptors (Lipinski definition) is 1. The molecule has 3 rings (SSSR count). The molecule has 0 amide bonds. The first-order valence-electron chi connectivity index (χ1n) is 8.01. The minimum Gasteiger partial charge on any atom is -0.286 e. The molecular formula is C20H23N. The first-order chi connectivity index (χ1) is 10.3. The Hall–Kier alpha value is -1.89. The van der Waals surface area contributed by atoms with Gasteiger partial charge in [0.05, 0.1) is 6.04 Å². The highest BCUT2D eigenvalue weighted by Gasteiger charge is 2.22. The van der Waals surface area contributed by atoms with Gasteiger partial charge < -0.3 is 0 Å². The standard InChI is InChI=1S/C20H23N/c1-16(17-10-4-2-5-11-17)21-20-15-9-8-14-19(20)18-12-6-3-7-13-18/h2-7,10-13,16,19H,8-9,14-15H2,1H3/t16-,19?/m0/s1. The zero-order valence-electron chi connectivity index (χ0n) is 12.7. The molecule has 0 aromatic heterocycles. The number of rotatable bonds is 3. The van der Waals surface area contributed by atoms with Gasteiger partial charge in [0, 0.05) is 11.6 Å². The predicted octanol–water partition coefficient (Wildman–Crippen LogP) is 5.55. The molecule has 1 nitrogen and oxygen atoms in total. The molecule has 0 radical (unpaired) electrons. The van der Waals surface area contributed by atoms with Gasteiger partial charge in [0.15, 0.2) is 0 Å². The highest BCUT2D eigenvalue weighted by molar-refractivity contribution is 5.91. The molecule has 0 heterocycles. The molecule has 108 valence electrons. The van der Waals surface area contributed by atoms with E-state index in [1.807, 2.05) is 0 Å². The number of benzene rings is 2. The van der Waals surface area contributed by atoms with Crippen LogP contribution in [0.2, 0.25) is 0 Å². The van der Waals surface area contributed by atoms with Gasteiger partial charge in [-0.15, -0.1) is 0 Å². The number of hydrogen-bond donors (Lipinski definition) is 0. The maximum Gasteiger partial charge on any atom is 0.0720 e. The molecule has 1 heteroatoms. The van der Waals surface area contributed by atoms with Gasteiger partial charge in [0.25, 0.3) is 0 Å². The second-order valence-electron chi connectivity index (χ2n) is 5.92. The summed E-state index contributed by atoms with van der Waals surface area (Å²) in [4.78, 5) is 5.08. The van der Waals surface area contributed by atoms with E-state index < -0.39 is 0 Å². The van der Waals surface area contributed by atoms with Crippen LogP contribution in [0, 0.1) is 0 Å². The fourth-order valence-electron chi connectivity index (χ4n) is 3.25. The van der Waals surface area contributed by atoms with Gasteiger partial charge in [0.1, 0.15) is 0 Å². The van der Waals surface area contributed by atoms with E-state index in [0.29, 0.717) is 5.92 Å². The van der Waals surface area contributed by atoms with Crippen molar-refractivity contribution >= 4 is 5.71 Å². The Morgan fingerprint density at radius 2 is 1.57 bits per heavy atom. The molecule has 1 fully saturated rings. The van der Waals surface area contributed by atoms with Crippen molar-refractivity contribution in [1.29, 1.82) is 0 Å². The van der Waals surface area contributed by atoms with Crippen molar-refractivity contribution in [2.24, 2.45) is 4.99 Å². The molecule has 0 spiro atoms. The molecule has 0 bridgehead atoms. The van der Waals surface area contributed by atoms with Crippen molar-refractivity contribution in [3.05, 3.63) is 71.8 Å². The predicted molar refractivity (Wildman–Crippen MR) is 89.9 cm³/mol. The molecular weight excluding hydrogens is 254 g/mol. The molecule has 1 aliphatic carbocycles. The molecule has 2 aromatic carbocycles. The third-order valence-electron chi connectivity index (χ3n) is 4.42. The van der Waals surface area contributed by atoms with E-state index in [0.717, 1.165) is 6.42 Å². The second kappa shape index (κ2) is 6.71. The van der Waals surface area contributed by atoms with Crippen LogP contribution in [-0.4, -0.2) is 5.71 Å². The normalized spacial score (nSPS) is 22.1. The van der Waals surface area contributed by atoms with Gasteiger partial charge in [-0.3, -0.25) is 4.99 Å². The lowest BCUT2D eigenvalue weighted by Gasteiger charge is -2.26. The maximum atomic E-state index is 5.08. The van der Waals surface area contributed by atoms with Crippen molar-refractivity contribution < 1.29 is 0 Å². The Morgan fingerprint density at radius 3 is 2.29 bits per heavy atom. The zero-order chi connectivity index (χ0) is 14.5. The number of aliphatic imine (C=N–C) groups is 1. The summed E-state index contributed by atoms with van der Waals surface area (Å²) >= 11 is 0. The molecule has 21 heavy (non-hydrogen) atoms. The average Bonchev–Trinajstić information content (AvgIpc) is 2.57. The molecule has 0 saturated heterocycles. The molecule has 1 saturated carbocycles. The second-order valence-corrected chi connectivity index (χ2v) is 5.92. The van der Waals surface area contributed by atoms with Gasteiger partial charge in [-0.1, -0.05) is 67.1 Å². The van der Waals surface area contributed by atoms with E-state index in [1.54, 1.807) is 0 Å². The minimum absolute atomic E-state index is 0.255. The van der Waals surface area contributed by atoms with Crippen LogP contribution in [0.3, 0.4) is 0 Å². The van der Waals surface area contributed by atoms with E-state index in [9.17, 15) is 0 Å². The van der Waals surface area contributed by atoms with Crippen molar-refractivity contribution in [1.82, 2.24) is 0 Å². The Kier molecular flexibility index (Phi) is 4.49. The monoisotopic (exact) mass is 277 g/mol. The zero-order valence-corrected chi connectivity index (χ0v) is 12.7. The number of nitrogens with zero attached hydrogens (tertiary/aromatic N) is 1. The van der Waals surface area contributed by atoms with Gasteiger partial charge in [-0.2, -0.15) is 0 Å². The van der Waals surface area contributed by atoms with E-state index in [-0.39, 0.29) is 6.04 Å². The first-order valence-corrected chi connectivity index (χ1v) is 8.01. The lowest BCUT2D eigenvalue weighted by Crippen LogP contribution is -2.18. The topological polar surface area (TPSA) is 12.4 Å². The molecule has 2 aromatic rings. The Labute approximate surface area is 127 Å². The first kappa shape index (κ1) is 14.1. The van der Waals surface area contributed by atoms with Crippen LogP contribution < -0.4 is 0 Å². The lowest BCUT2D eigenvalue weighted by molar-refractivity contribution is 0.604. The van der Waals surface area contributed by atoms with Crippen LogP contribution >= 0.6 is 0 Å². The van der Waals surface area contributed by atoms with Crippen LogP contribution in [0.5, 0.6) is 0 Å². The fraction of sp³-hybridized carbons (Fsp3) is 0.350. The summed E-state index contributed by atoms with van der Waals surface area (Å²) in [5.41, 5.74) is 4.13. The van der Waals surface area contributed by atoms with Crippen molar-refractivity contribution in [3.63, 3.8) is 0 Å². The molecule has 0 aliphatic heterocycles. The van der Waals surface area contributed by atoms with Crippen molar-refractivity contribution in [2.75, 3.05) is 0 Å². The van der Waals surface area contributed by atoms with E-state index in [4.69, 9.17) is 4.99 Å². The molecule has 0 N–H and O–H groups in total. The van der Waals surface area contributed by atoms with Gasteiger partial charge in [0.2, 0.25) is 0 Å². The minimum atomic E-state index is 0.255. The lowest BCUT2D eigenvalue weighted by atomic mass is 9.82. The Bertz CT molecular complexity index is 586. The van der Waals surface area contributed by atoms with Gasteiger partial charge in [-0.25, -0.2) is 0 Å². The van der Waals surface area contributed by atoms with Crippen molar-refractivity contribution in [2.45, 2.75) is 44.6 Å². The highest BCUT2D eigenvalue weighted by Crippen LogP contribution is 2.32. The quantitative estimate of drug-likeness (QED) is 0.698. The third-order valence-corrected chi connectivity index (χ3v) is 4.42. The largest absolute Gasteiger partial charge is 0.286 e. The Balaban J connectivity index is 1.86. The summed E-state index contributed by atoms with van der Waals surface area (Å²) < 4.78 is 0. The van der Waals surface area contributed by atoms with Crippen LogP contribution in [0.4, 0.5) is 0 Å². The highest BCUT2D eigenvalue weighted by atomic mass is 14.8. The summed E-state index contributed by atoms with van der Waals surface area (Å²) in [7, 11) is 0. The summed E-state index contributed by atoms with van der Waals surface area (Å²) in [5, 5.41) is 0. The van der Waals surface area contributed by atoms with Crippen LogP contribution in [0.15, 0.2) is 65.7 Å². The van der Waals surface area contributed by atoms with Crippen molar-refractivity contribution in [3.8, 4) is 0 Å². The van der Waals surface area contributed by atoms with E-state index in [1.165, 1.54) is 36.1 Å². The molecule has 1 unspecified atom stereocenters. The van der Waals surface area contributed by atoms with Crippen LogP contribution in [0.1, 0.15) is 55.7 Å². The van der Waals surface area contributed by atoms with Gasteiger partial charge >= 0.3 is 0 Å². The van der Waals surface area contributed by atoms with E-state index >= 15 is 0 Å². The summed E-state index contributed by atoms with van der Waals surface area (Å²) in [5.74, 6) is 0.520. The average molecular weight is 277 g/mol. The summed E-state index contributed by atoms with van der Waals surface area (Å²) in [6, 6.07) is 21.7. The fourth-order valence-corrected chi connectivity index (χ4v) is 3.25. The smallest absolute Gasteiger partial charge is 0.0720 e. The maximum absolute atomic E-state index is 5.08. The van der Waals surface area contributed by atoms with Gasteiger partial charge in [-0.05, 0) is 37.3 Å². The Morgan fingerprint density at radius 1 is 0.905 bits per heavy atom. The van der Waals surface area contributed by atoms with Crippen LogP contribution in [-0.2, 0) is 0 Å². The van der Waals surface area contributed by atoms with Crippen LogP contribution in [0.25, 0.3) is 0 Å². The summed E-state index contributed by atoms with van der Waals surface area (Å²) in [6.07, 6.45) is 4.99. The third kappa shape index (κ3) is 3.41.